The molecular formula is C24H25FN4O3S. The molecule has 1 aliphatic heterocycles. The number of carbonyl (C=O) groups is 1. The molecule has 4 rings (SSSR count). The summed E-state index contributed by atoms with van der Waals surface area (Å²) >= 11 is 1.44. The number of carbonyl (C=O) groups excluding carboxylic acids is 1. The number of hydrogen-bond donors (Lipinski definition) is 1. The molecule has 7 nitrogen and oxygen atoms in total. The number of benzene rings is 1. The first-order valence-corrected chi connectivity index (χ1v) is 11.4. The Morgan fingerprint density at radius 3 is 3.09 bits per heavy atom. The van der Waals surface area contributed by atoms with Crippen LogP contribution in [-0.4, -0.2) is 27.2 Å². The summed E-state index contributed by atoms with van der Waals surface area (Å²) in [4.78, 5) is 22.2. The third-order valence-electron chi connectivity index (χ3n) is 4.99. The van der Waals surface area contributed by atoms with Gasteiger partial charge in [-0.2, -0.15) is 0 Å². The number of anilines is 1. The van der Waals surface area contributed by atoms with Gasteiger partial charge in [0.1, 0.15) is 24.9 Å². The van der Waals surface area contributed by atoms with Crippen molar-refractivity contribution in [3.63, 3.8) is 0 Å². The van der Waals surface area contributed by atoms with Crippen LogP contribution in [0.5, 0.6) is 0 Å². The number of nitrogens with zero attached hydrogens (tertiary/aromatic N) is 3. The van der Waals surface area contributed by atoms with E-state index in [1.165, 1.54) is 23.5 Å². The average molecular weight is 469 g/mol. The number of halogens is 1. The van der Waals surface area contributed by atoms with E-state index >= 15 is 0 Å². The molecule has 3 heterocycles. The number of fused-ring (bicyclic) bond motifs is 3. The van der Waals surface area contributed by atoms with Crippen molar-refractivity contribution < 1.29 is 18.7 Å². The minimum absolute atomic E-state index is 0.112. The molecule has 1 aromatic carbocycles. The van der Waals surface area contributed by atoms with Crippen LogP contribution in [-0.2, 0) is 35.7 Å². The summed E-state index contributed by atoms with van der Waals surface area (Å²) in [6.45, 7) is 9.29. The third-order valence-corrected chi connectivity index (χ3v) is 6.14. The van der Waals surface area contributed by atoms with Crippen LogP contribution in [0.2, 0.25) is 0 Å². The number of amides is 1. The molecule has 0 spiro atoms. The second-order valence-corrected chi connectivity index (χ2v) is 8.90. The number of aryl methyl sites for hydroxylation is 1. The first-order chi connectivity index (χ1) is 15.9. The molecule has 0 unspecified atom stereocenters. The van der Waals surface area contributed by atoms with E-state index in [0.29, 0.717) is 30.9 Å². The van der Waals surface area contributed by atoms with Gasteiger partial charge in [0.25, 0.3) is 0 Å². The van der Waals surface area contributed by atoms with Gasteiger partial charge in [0.15, 0.2) is 0 Å². The molecule has 0 saturated heterocycles. The molecule has 2 aromatic heterocycles. The fraction of sp³-hybridized carbons (Fsp3) is 0.292. The fourth-order valence-electron chi connectivity index (χ4n) is 3.49. The lowest BCUT2D eigenvalue weighted by Gasteiger charge is -2.14. The van der Waals surface area contributed by atoms with E-state index in [1.807, 2.05) is 25.1 Å². The van der Waals surface area contributed by atoms with E-state index in [0.717, 1.165) is 39.0 Å². The predicted octanol–water partition coefficient (Wildman–Crippen LogP) is 5.61. The van der Waals surface area contributed by atoms with Crippen molar-refractivity contribution in [3.05, 3.63) is 75.8 Å². The molecular weight excluding hydrogens is 443 g/mol. The molecule has 1 aliphatic rings. The van der Waals surface area contributed by atoms with Crippen LogP contribution in [0.15, 0.2) is 54.4 Å². The zero-order valence-corrected chi connectivity index (χ0v) is 19.4. The SMILES string of the molecule is C=C(C)/C=C(F)\C=C/Cc1nc(C)c(COC(=O)Nc2ccc3c(c2)nc2n3CCOC2)s1. The zero-order valence-electron chi connectivity index (χ0n) is 18.6. The first-order valence-electron chi connectivity index (χ1n) is 10.5. The first kappa shape index (κ1) is 22.9. The second kappa shape index (κ2) is 10.1. The Labute approximate surface area is 195 Å². The maximum atomic E-state index is 13.6. The molecule has 0 atom stereocenters. The van der Waals surface area contributed by atoms with E-state index in [2.05, 4.69) is 26.4 Å². The molecule has 172 valence electrons. The minimum Gasteiger partial charge on any atom is -0.444 e. The standard InChI is InChI=1S/C24H25FN4O3S/c1-15(2)11-17(25)5-4-6-23-26-16(3)21(33-23)13-32-24(30)27-18-7-8-20-19(12-18)28-22-14-31-10-9-29(20)22/h4-5,7-8,11-12H,1,6,9-10,13-14H2,2-3H3,(H,27,30)/b5-4-,17-11+. The van der Waals surface area contributed by atoms with Crippen molar-refractivity contribution in [2.45, 2.75) is 40.0 Å². The molecule has 0 radical (unpaired) electrons. The van der Waals surface area contributed by atoms with Crippen LogP contribution < -0.4 is 5.32 Å². The Balaban J connectivity index is 1.32. The second-order valence-electron chi connectivity index (χ2n) is 7.74. The van der Waals surface area contributed by atoms with Crippen molar-refractivity contribution in [1.82, 2.24) is 14.5 Å². The monoisotopic (exact) mass is 468 g/mol. The Morgan fingerprint density at radius 1 is 1.42 bits per heavy atom. The molecule has 9 heteroatoms. The normalized spacial score (nSPS) is 14.0. The molecule has 0 saturated carbocycles. The van der Waals surface area contributed by atoms with Gasteiger partial charge in [-0.05, 0) is 44.2 Å². The van der Waals surface area contributed by atoms with E-state index in [1.54, 1.807) is 13.0 Å². The lowest BCUT2D eigenvalue weighted by molar-refractivity contribution is 0.0830. The number of rotatable bonds is 7. The van der Waals surface area contributed by atoms with Crippen LogP contribution in [0.1, 0.15) is 28.3 Å². The number of hydrogen-bond acceptors (Lipinski definition) is 6. The minimum atomic E-state index is -0.553. The number of aromatic nitrogens is 3. The summed E-state index contributed by atoms with van der Waals surface area (Å²) in [6.07, 6.45) is 4.42. The van der Waals surface area contributed by atoms with Crippen LogP contribution in [0.25, 0.3) is 11.0 Å². The van der Waals surface area contributed by atoms with Gasteiger partial charge in [-0.25, -0.2) is 19.2 Å². The summed E-state index contributed by atoms with van der Waals surface area (Å²) in [7, 11) is 0. The van der Waals surface area contributed by atoms with Gasteiger partial charge in [0.05, 0.1) is 33.2 Å². The summed E-state index contributed by atoms with van der Waals surface area (Å²) in [5.41, 5.74) is 3.88. The quantitative estimate of drug-likeness (QED) is 0.456. The lowest BCUT2D eigenvalue weighted by atomic mass is 10.2. The molecule has 0 bridgehead atoms. The van der Waals surface area contributed by atoms with Gasteiger partial charge in [-0.1, -0.05) is 18.2 Å². The number of nitrogens with one attached hydrogen (secondary N) is 1. The van der Waals surface area contributed by atoms with Gasteiger partial charge >= 0.3 is 6.09 Å². The van der Waals surface area contributed by atoms with Crippen molar-refractivity contribution in [2.24, 2.45) is 0 Å². The van der Waals surface area contributed by atoms with Crippen LogP contribution >= 0.6 is 11.3 Å². The number of thiazole rings is 1. The Kier molecular flexibility index (Phi) is 7.00. The Hall–Kier alpha value is -3.30. The van der Waals surface area contributed by atoms with E-state index in [-0.39, 0.29) is 12.4 Å². The maximum absolute atomic E-state index is 13.6. The molecule has 3 aromatic rings. The van der Waals surface area contributed by atoms with E-state index in [9.17, 15) is 9.18 Å². The van der Waals surface area contributed by atoms with Gasteiger partial charge in [0.2, 0.25) is 0 Å². The largest absolute Gasteiger partial charge is 0.444 e. The van der Waals surface area contributed by atoms with Gasteiger partial charge in [-0.3, -0.25) is 5.32 Å². The van der Waals surface area contributed by atoms with Gasteiger partial charge < -0.3 is 14.0 Å². The van der Waals surface area contributed by atoms with Crippen LogP contribution in [0.4, 0.5) is 14.9 Å². The molecule has 33 heavy (non-hydrogen) atoms. The van der Waals surface area contributed by atoms with Crippen molar-refractivity contribution >= 4 is 34.2 Å². The molecule has 1 amide bonds. The Bertz CT molecular complexity index is 1260. The number of ether oxygens (including phenoxy) is 2. The number of allylic oxidation sites excluding steroid dienone is 5. The summed E-state index contributed by atoms with van der Waals surface area (Å²) in [6, 6.07) is 5.60. The smallest absolute Gasteiger partial charge is 0.411 e. The highest BCUT2D eigenvalue weighted by molar-refractivity contribution is 7.11. The third kappa shape index (κ3) is 5.74. The summed E-state index contributed by atoms with van der Waals surface area (Å²) in [5, 5.41) is 3.57. The fourth-order valence-corrected chi connectivity index (χ4v) is 4.44. The molecule has 0 aliphatic carbocycles. The van der Waals surface area contributed by atoms with E-state index in [4.69, 9.17) is 9.47 Å². The van der Waals surface area contributed by atoms with Crippen LogP contribution in [0.3, 0.4) is 0 Å². The molecule has 1 N–H and O–H groups in total. The summed E-state index contributed by atoms with van der Waals surface area (Å²) < 4.78 is 26.6. The van der Waals surface area contributed by atoms with Gasteiger partial charge in [0, 0.05) is 18.7 Å². The van der Waals surface area contributed by atoms with Gasteiger partial charge in [-0.15, -0.1) is 11.3 Å². The highest BCUT2D eigenvalue weighted by Crippen LogP contribution is 2.24. The lowest BCUT2D eigenvalue weighted by Crippen LogP contribution is -2.16. The maximum Gasteiger partial charge on any atom is 0.411 e. The highest BCUT2D eigenvalue weighted by atomic mass is 32.1. The van der Waals surface area contributed by atoms with E-state index < -0.39 is 6.09 Å². The van der Waals surface area contributed by atoms with Crippen molar-refractivity contribution in [3.8, 4) is 0 Å². The van der Waals surface area contributed by atoms with Crippen molar-refractivity contribution in [1.29, 1.82) is 0 Å². The number of imidazole rings is 1. The highest BCUT2D eigenvalue weighted by Gasteiger charge is 2.16. The average Bonchev–Trinajstić information content (AvgIpc) is 3.31. The topological polar surface area (TPSA) is 78.3 Å². The molecule has 0 fully saturated rings. The Morgan fingerprint density at radius 2 is 2.27 bits per heavy atom. The zero-order chi connectivity index (χ0) is 23.4. The van der Waals surface area contributed by atoms with Crippen LogP contribution in [0, 0.1) is 6.92 Å². The summed E-state index contributed by atoms with van der Waals surface area (Å²) in [5.74, 6) is 0.537. The van der Waals surface area contributed by atoms with Crippen molar-refractivity contribution in [2.75, 3.05) is 11.9 Å². The predicted molar refractivity (Wildman–Crippen MR) is 127 cm³/mol.